The molecule has 0 radical (unpaired) electrons. The number of hydrogen-bond acceptors (Lipinski definition) is 5. The molecule has 3 aromatic carbocycles. The van der Waals surface area contributed by atoms with Crippen LogP contribution in [0.25, 0.3) is 0 Å². The van der Waals surface area contributed by atoms with Crippen LogP contribution in [0.4, 0.5) is 5.69 Å². The molecule has 0 heterocycles. The normalized spacial score (nSPS) is 11.9. The summed E-state index contributed by atoms with van der Waals surface area (Å²) in [6, 6.07) is 21.2. The Balaban J connectivity index is 1.88. The first-order chi connectivity index (χ1) is 19.0. The van der Waals surface area contributed by atoms with Crippen molar-refractivity contribution in [1.82, 2.24) is 10.2 Å². The molecule has 0 spiro atoms. The van der Waals surface area contributed by atoms with Crippen LogP contribution in [0.5, 0.6) is 5.75 Å². The van der Waals surface area contributed by atoms with E-state index >= 15 is 0 Å². The number of amides is 2. The van der Waals surface area contributed by atoms with Crippen LogP contribution in [0.3, 0.4) is 0 Å². The zero-order valence-corrected chi connectivity index (χ0v) is 24.8. The van der Waals surface area contributed by atoms with Gasteiger partial charge in [-0.05, 0) is 54.3 Å². The highest BCUT2D eigenvalue weighted by Crippen LogP contribution is 2.27. The molecule has 0 fully saturated rings. The number of carbonyl (C=O) groups is 2. The van der Waals surface area contributed by atoms with Gasteiger partial charge in [0.2, 0.25) is 21.8 Å². The van der Waals surface area contributed by atoms with E-state index in [-0.39, 0.29) is 37.7 Å². The number of sulfonamides is 1. The van der Waals surface area contributed by atoms with Crippen LogP contribution < -0.4 is 14.4 Å². The molecule has 0 aromatic heterocycles. The summed E-state index contributed by atoms with van der Waals surface area (Å²) < 4.78 is 32.0. The molecule has 214 valence electrons. The zero-order chi connectivity index (χ0) is 29.3. The molecule has 8 nitrogen and oxygen atoms in total. The van der Waals surface area contributed by atoms with E-state index in [9.17, 15) is 18.0 Å². The summed E-state index contributed by atoms with van der Waals surface area (Å²) >= 11 is 6.15. The van der Waals surface area contributed by atoms with Crippen molar-refractivity contribution in [3.8, 4) is 5.75 Å². The largest absolute Gasteiger partial charge is 0.497 e. The maximum Gasteiger partial charge on any atom is 0.242 e. The number of anilines is 1. The lowest BCUT2D eigenvalue weighted by molar-refractivity contribution is -0.141. The summed E-state index contributed by atoms with van der Waals surface area (Å²) in [5.74, 6) is 0.0983. The third kappa shape index (κ3) is 8.47. The summed E-state index contributed by atoms with van der Waals surface area (Å²) in [6.07, 6.45) is 1.75. The van der Waals surface area contributed by atoms with Crippen LogP contribution >= 0.6 is 11.6 Å². The van der Waals surface area contributed by atoms with E-state index in [2.05, 4.69) is 5.32 Å². The zero-order valence-electron chi connectivity index (χ0n) is 23.3. The highest BCUT2D eigenvalue weighted by molar-refractivity contribution is 7.92. The van der Waals surface area contributed by atoms with Crippen LogP contribution in [0.1, 0.15) is 29.5 Å². The topological polar surface area (TPSA) is 96.0 Å². The highest BCUT2D eigenvalue weighted by Gasteiger charge is 2.30. The number of carbonyl (C=O) groups excluding carboxylic acids is 2. The Bertz CT molecular complexity index is 1420. The van der Waals surface area contributed by atoms with Crippen LogP contribution in [-0.4, -0.2) is 58.1 Å². The van der Waals surface area contributed by atoms with Crippen LogP contribution in [-0.2, 0) is 32.6 Å². The Kier molecular flexibility index (Phi) is 11.0. The summed E-state index contributed by atoms with van der Waals surface area (Å²) in [5, 5.41) is 3.12. The quantitative estimate of drug-likeness (QED) is 0.317. The van der Waals surface area contributed by atoms with Crippen molar-refractivity contribution in [2.45, 2.75) is 38.8 Å². The summed E-state index contributed by atoms with van der Waals surface area (Å²) in [4.78, 5) is 28.4. The minimum Gasteiger partial charge on any atom is -0.497 e. The molecule has 0 aliphatic carbocycles. The Morgan fingerprint density at radius 3 is 2.35 bits per heavy atom. The predicted octanol–water partition coefficient (Wildman–Crippen LogP) is 4.59. The first kappa shape index (κ1) is 31.0. The number of methoxy groups -OCH3 is 1. The number of nitrogens with one attached hydrogen (secondary N) is 1. The number of hydrogen-bond donors (Lipinski definition) is 1. The van der Waals surface area contributed by atoms with Gasteiger partial charge < -0.3 is 15.0 Å². The molecule has 0 aliphatic heterocycles. The smallest absolute Gasteiger partial charge is 0.242 e. The average molecular weight is 586 g/mol. The molecule has 2 amide bonds. The van der Waals surface area contributed by atoms with Gasteiger partial charge in [0.25, 0.3) is 0 Å². The second-order valence-electron chi connectivity index (χ2n) is 9.56. The van der Waals surface area contributed by atoms with Gasteiger partial charge in [0, 0.05) is 38.0 Å². The first-order valence-corrected chi connectivity index (χ1v) is 15.2. The van der Waals surface area contributed by atoms with E-state index in [1.54, 1.807) is 37.3 Å². The lowest BCUT2D eigenvalue weighted by Gasteiger charge is -2.32. The van der Waals surface area contributed by atoms with E-state index in [4.69, 9.17) is 16.3 Å². The lowest BCUT2D eigenvalue weighted by atomic mass is 10.0. The van der Waals surface area contributed by atoms with E-state index in [1.165, 1.54) is 4.31 Å². The van der Waals surface area contributed by atoms with Crippen LogP contribution in [0, 0.1) is 6.92 Å². The van der Waals surface area contributed by atoms with Crippen LogP contribution in [0.2, 0.25) is 5.02 Å². The fourth-order valence-electron chi connectivity index (χ4n) is 4.52. The summed E-state index contributed by atoms with van der Waals surface area (Å²) in [6.45, 7) is 2.08. The monoisotopic (exact) mass is 585 g/mol. The number of nitrogens with zero attached hydrogens (tertiary/aromatic N) is 2. The lowest BCUT2D eigenvalue weighted by Crippen LogP contribution is -2.49. The second kappa shape index (κ2) is 14.2. The second-order valence-corrected chi connectivity index (χ2v) is 11.9. The summed E-state index contributed by atoms with van der Waals surface area (Å²) in [7, 11) is -0.517. The van der Waals surface area contributed by atoms with Crippen molar-refractivity contribution in [1.29, 1.82) is 0 Å². The molecule has 10 heteroatoms. The average Bonchev–Trinajstić information content (AvgIpc) is 2.94. The minimum absolute atomic E-state index is 0.0396. The number of aryl methyl sites for hydroxylation is 1. The Hall–Kier alpha value is -3.56. The van der Waals surface area contributed by atoms with Gasteiger partial charge >= 0.3 is 0 Å². The maximum atomic E-state index is 13.8. The van der Waals surface area contributed by atoms with E-state index in [0.29, 0.717) is 22.9 Å². The first-order valence-electron chi connectivity index (χ1n) is 12.9. The number of ether oxygens (including phenoxy) is 1. The number of rotatable bonds is 13. The van der Waals surface area contributed by atoms with Gasteiger partial charge in [-0.3, -0.25) is 13.9 Å². The molecule has 40 heavy (non-hydrogen) atoms. The fraction of sp³-hybridized carbons (Fsp3) is 0.333. The third-order valence-corrected chi connectivity index (χ3v) is 8.01. The molecular weight excluding hydrogens is 550 g/mol. The molecule has 3 aromatic rings. The van der Waals surface area contributed by atoms with Crippen molar-refractivity contribution in [3.05, 3.63) is 94.5 Å². The fourth-order valence-corrected chi connectivity index (χ4v) is 5.70. The van der Waals surface area contributed by atoms with Gasteiger partial charge in [-0.2, -0.15) is 0 Å². The maximum absolute atomic E-state index is 13.8. The molecule has 3 rings (SSSR count). The molecule has 0 unspecified atom stereocenters. The van der Waals surface area contributed by atoms with E-state index < -0.39 is 16.1 Å². The van der Waals surface area contributed by atoms with Crippen molar-refractivity contribution in [2.75, 3.05) is 31.3 Å². The molecule has 0 saturated heterocycles. The Labute approximate surface area is 241 Å². The van der Waals surface area contributed by atoms with Gasteiger partial charge in [-0.15, -0.1) is 0 Å². The van der Waals surface area contributed by atoms with E-state index in [0.717, 1.165) is 22.9 Å². The molecule has 1 N–H and O–H groups in total. The molecule has 0 bridgehead atoms. The van der Waals surface area contributed by atoms with Crippen LogP contribution in [0.15, 0.2) is 72.8 Å². The predicted molar refractivity (Wildman–Crippen MR) is 159 cm³/mol. The number of halogens is 1. The molecule has 0 aliphatic rings. The Morgan fingerprint density at radius 2 is 1.70 bits per heavy atom. The van der Waals surface area contributed by atoms with Gasteiger partial charge in [-0.25, -0.2) is 8.42 Å². The van der Waals surface area contributed by atoms with Gasteiger partial charge in [0.15, 0.2) is 0 Å². The molecular formula is C30H36ClN3O5S. The van der Waals surface area contributed by atoms with Gasteiger partial charge in [0.05, 0.1) is 19.1 Å². The standard InChI is InChI=1S/C30H36ClN3O5S/c1-22-15-16-25(31)20-27(22)34(40(4,37)38)17-9-14-29(35)33(21-24-12-8-13-26(18-24)39-3)28(30(36)32-2)19-23-10-6-5-7-11-23/h5-8,10-13,15-16,18,20,28H,9,14,17,19,21H2,1-4H3,(H,32,36)/t28-/m0/s1. The van der Waals surface area contributed by atoms with Gasteiger partial charge in [-0.1, -0.05) is 60.1 Å². The van der Waals surface area contributed by atoms with Crippen molar-refractivity contribution < 1.29 is 22.7 Å². The van der Waals surface area contributed by atoms with Crippen molar-refractivity contribution >= 4 is 39.1 Å². The van der Waals surface area contributed by atoms with Crippen molar-refractivity contribution in [3.63, 3.8) is 0 Å². The van der Waals surface area contributed by atoms with E-state index in [1.807, 2.05) is 61.5 Å². The Morgan fingerprint density at radius 1 is 1.00 bits per heavy atom. The SMILES string of the molecule is CNC(=O)[C@H](Cc1ccccc1)N(Cc1cccc(OC)c1)C(=O)CCCN(c1cc(Cl)ccc1C)S(C)(=O)=O. The molecule has 1 atom stereocenters. The molecule has 0 saturated carbocycles. The minimum atomic E-state index is -3.63. The highest BCUT2D eigenvalue weighted by atomic mass is 35.5. The summed E-state index contributed by atoms with van der Waals surface area (Å²) in [5.41, 5.74) is 2.95. The number of likely N-dealkylation sites (N-methyl/N-ethyl adjacent to an activating group) is 1. The number of benzene rings is 3. The van der Waals surface area contributed by atoms with Gasteiger partial charge in [0.1, 0.15) is 11.8 Å². The third-order valence-electron chi connectivity index (χ3n) is 6.60. The van der Waals surface area contributed by atoms with Crippen molar-refractivity contribution in [2.24, 2.45) is 0 Å².